The molecule has 2 fully saturated rings. The summed E-state index contributed by atoms with van der Waals surface area (Å²) < 4.78 is 0. The zero-order valence-corrected chi connectivity index (χ0v) is 7.63. The molecule has 4 nitrogen and oxygen atoms in total. The highest BCUT2D eigenvalue weighted by Crippen LogP contribution is 2.87. The second-order valence-corrected chi connectivity index (χ2v) is 4.71. The summed E-state index contributed by atoms with van der Waals surface area (Å²) in [6.45, 7) is 3.28. The number of hydrogen-bond acceptors (Lipinski definition) is 2. The molecule has 0 aromatic carbocycles. The molecule has 0 aliphatic heterocycles. The topological polar surface area (TPSA) is 74.6 Å². The van der Waals surface area contributed by atoms with Gasteiger partial charge in [0.05, 0.1) is 10.8 Å². The van der Waals surface area contributed by atoms with Gasteiger partial charge in [-0.15, -0.1) is 0 Å². The zero-order valence-electron chi connectivity index (χ0n) is 7.63. The smallest absolute Gasteiger partial charge is 0.309 e. The molecule has 4 heteroatoms. The van der Waals surface area contributed by atoms with E-state index in [4.69, 9.17) is 10.2 Å². The molecule has 0 unspecified atom stereocenters. The quantitative estimate of drug-likeness (QED) is 0.670. The van der Waals surface area contributed by atoms with Gasteiger partial charge in [0, 0.05) is 5.41 Å². The summed E-state index contributed by atoms with van der Waals surface area (Å²) in [5.41, 5.74) is -2.03. The molecule has 13 heavy (non-hydrogen) atoms. The molecule has 2 N–H and O–H groups in total. The molecule has 0 saturated heterocycles. The normalized spacial score (nSPS) is 44.5. The van der Waals surface area contributed by atoms with Crippen molar-refractivity contribution in [3.05, 3.63) is 0 Å². The van der Waals surface area contributed by atoms with Gasteiger partial charge in [0.15, 0.2) is 0 Å². The van der Waals surface area contributed by atoms with Crippen LogP contribution in [0.25, 0.3) is 0 Å². The van der Waals surface area contributed by atoms with Crippen molar-refractivity contribution in [1.29, 1.82) is 0 Å². The maximum atomic E-state index is 10.9. The summed E-state index contributed by atoms with van der Waals surface area (Å²) in [6, 6.07) is 0. The standard InChI is InChI=1S/C9H12O4/c1-7(5(10)11)3-9(7)4-8(9,2)6(12)13/h3-4H2,1-2H3,(H,10,11)(H,12,13)/t7-,8-,9?/m0/s1. The Labute approximate surface area is 75.6 Å². The highest BCUT2D eigenvalue weighted by molar-refractivity contribution is 5.89. The maximum absolute atomic E-state index is 10.9. The van der Waals surface area contributed by atoms with Gasteiger partial charge in [-0.05, 0) is 26.7 Å². The van der Waals surface area contributed by atoms with Crippen LogP contribution in [-0.2, 0) is 9.59 Å². The van der Waals surface area contributed by atoms with Crippen LogP contribution in [0.3, 0.4) is 0 Å². The van der Waals surface area contributed by atoms with Crippen LogP contribution < -0.4 is 0 Å². The van der Waals surface area contributed by atoms with E-state index in [0.717, 1.165) is 0 Å². The van der Waals surface area contributed by atoms with Gasteiger partial charge in [-0.1, -0.05) is 0 Å². The Bertz CT molecular complexity index is 290. The Morgan fingerprint density at radius 1 is 1.00 bits per heavy atom. The average molecular weight is 184 g/mol. The molecule has 72 valence electrons. The zero-order chi connectivity index (χ0) is 10.1. The van der Waals surface area contributed by atoms with Crippen molar-refractivity contribution in [2.24, 2.45) is 16.2 Å². The molecule has 2 saturated carbocycles. The fourth-order valence-electron chi connectivity index (χ4n) is 2.74. The van der Waals surface area contributed by atoms with Gasteiger partial charge in [0.2, 0.25) is 0 Å². The Morgan fingerprint density at radius 3 is 1.46 bits per heavy atom. The lowest BCUT2D eigenvalue weighted by molar-refractivity contribution is -0.145. The lowest BCUT2D eigenvalue weighted by Crippen LogP contribution is -2.20. The minimum Gasteiger partial charge on any atom is -0.481 e. The van der Waals surface area contributed by atoms with Gasteiger partial charge in [-0.3, -0.25) is 9.59 Å². The monoisotopic (exact) mass is 184 g/mol. The van der Waals surface area contributed by atoms with Gasteiger partial charge in [-0.2, -0.15) is 0 Å². The Morgan fingerprint density at radius 2 is 1.31 bits per heavy atom. The largest absolute Gasteiger partial charge is 0.481 e. The minimum absolute atomic E-state index is 0.447. The first-order valence-corrected chi connectivity index (χ1v) is 4.27. The van der Waals surface area contributed by atoms with Crippen molar-refractivity contribution in [3.63, 3.8) is 0 Å². The molecule has 0 amide bonds. The highest BCUT2D eigenvalue weighted by Gasteiger charge is 2.89. The highest BCUT2D eigenvalue weighted by atomic mass is 16.4. The molecule has 2 atom stereocenters. The Balaban J connectivity index is 2.26. The van der Waals surface area contributed by atoms with Crippen LogP contribution in [0.5, 0.6) is 0 Å². The fraction of sp³-hybridized carbons (Fsp3) is 0.778. The molecule has 0 aromatic rings. The number of hydrogen-bond donors (Lipinski definition) is 2. The first kappa shape index (κ1) is 8.53. The number of rotatable bonds is 2. The molecule has 2 aliphatic carbocycles. The number of carboxylic acid groups (broad SMARTS) is 2. The number of aliphatic carboxylic acids is 2. The van der Waals surface area contributed by atoms with Crippen LogP contribution >= 0.6 is 0 Å². The number of carbonyl (C=O) groups is 2. The van der Waals surface area contributed by atoms with E-state index in [0.29, 0.717) is 12.8 Å². The van der Waals surface area contributed by atoms with Crippen LogP contribution in [0.15, 0.2) is 0 Å². The van der Waals surface area contributed by atoms with E-state index in [9.17, 15) is 9.59 Å². The number of carboxylic acids is 2. The van der Waals surface area contributed by atoms with Crippen LogP contribution in [0.2, 0.25) is 0 Å². The van der Waals surface area contributed by atoms with Crippen LogP contribution in [0, 0.1) is 16.2 Å². The van der Waals surface area contributed by atoms with E-state index in [1.165, 1.54) is 0 Å². The molecule has 0 heterocycles. The average Bonchev–Trinajstić information content (AvgIpc) is 2.76. The third kappa shape index (κ3) is 0.641. The lowest BCUT2D eigenvalue weighted by Gasteiger charge is -2.07. The summed E-state index contributed by atoms with van der Waals surface area (Å²) in [5.74, 6) is -1.73. The molecular formula is C9H12O4. The van der Waals surface area contributed by atoms with E-state index in [-0.39, 0.29) is 0 Å². The first-order chi connectivity index (χ1) is 5.80. The van der Waals surface area contributed by atoms with Crippen molar-refractivity contribution in [3.8, 4) is 0 Å². The predicted molar refractivity (Wildman–Crippen MR) is 43.2 cm³/mol. The molecule has 0 bridgehead atoms. The molecule has 2 aliphatic rings. The third-order valence-corrected chi connectivity index (χ3v) is 4.12. The van der Waals surface area contributed by atoms with Crippen LogP contribution in [-0.4, -0.2) is 22.2 Å². The van der Waals surface area contributed by atoms with Crippen molar-refractivity contribution in [2.45, 2.75) is 26.7 Å². The summed E-state index contributed by atoms with van der Waals surface area (Å²) in [5, 5.41) is 17.8. The third-order valence-electron chi connectivity index (χ3n) is 4.12. The van der Waals surface area contributed by atoms with Crippen molar-refractivity contribution in [1.82, 2.24) is 0 Å². The van der Waals surface area contributed by atoms with Gasteiger partial charge < -0.3 is 10.2 Å². The molecule has 2 rings (SSSR count). The van der Waals surface area contributed by atoms with Crippen molar-refractivity contribution >= 4 is 11.9 Å². The van der Waals surface area contributed by atoms with E-state index in [1.807, 2.05) is 0 Å². The summed E-state index contributed by atoms with van der Waals surface area (Å²) in [4.78, 5) is 21.7. The summed E-state index contributed by atoms with van der Waals surface area (Å²) in [7, 11) is 0. The van der Waals surface area contributed by atoms with E-state index in [2.05, 4.69) is 0 Å². The van der Waals surface area contributed by atoms with Crippen molar-refractivity contribution < 1.29 is 19.8 Å². The minimum atomic E-state index is -0.863. The maximum Gasteiger partial charge on any atom is 0.309 e. The van der Waals surface area contributed by atoms with Gasteiger partial charge in [0.25, 0.3) is 0 Å². The van der Waals surface area contributed by atoms with E-state index >= 15 is 0 Å². The molecule has 1 spiro atoms. The first-order valence-electron chi connectivity index (χ1n) is 4.27. The SMILES string of the molecule is C[C@@]1(C(=O)O)CC12C[C@@]2(C)C(=O)O. The van der Waals surface area contributed by atoms with E-state index in [1.54, 1.807) is 13.8 Å². The Hall–Kier alpha value is -1.06. The van der Waals surface area contributed by atoms with Crippen molar-refractivity contribution in [2.75, 3.05) is 0 Å². The molecular weight excluding hydrogens is 172 g/mol. The van der Waals surface area contributed by atoms with Gasteiger partial charge >= 0.3 is 11.9 Å². The molecule has 0 aromatic heterocycles. The lowest BCUT2D eigenvalue weighted by atomic mass is 9.98. The second-order valence-electron chi connectivity index (χ2n) is 4.71. The van der Waals surface area contributed by atoms with Crippen LogP contribution in [0.4, 0.5) is 0 Å². The van der Waals surface area contributed by atoms with Gasteiger partial charge in [-0.25, -0.2) is 0 Å². The summed E-state index contributed by atoms with van der Waals surface area (Å²) >= 11 is 0. The fourth-order valence-corrected chi connectivity index (χ4v) is 2.74. The predicted octanol–water partition coefficient (Wildman–Crippen LogP) is 0.962. The van der Waals surface area contributed by atoms with Gasteiger partial charge in [0.1, 0.15) is 0 Å². The second kappa shape index (κ2) is 1.74. The molecule has 0 radical (unpaired) electrons. The Kier molecular flexibility index (Phi) is 1.14. The van der Waals surface area contributed by atoms with E-state index < -0.39 is 28.2 Å². The van der Waals surface area contributed by atoms with Crippen LogP contribution in [0.1, 0.15) is 26.7 Å². The summed E-state index contributed by atoms with van der Waals surface area (Å²) in [6.07, 6.45) is 1.02.